The molecule has 1 aliphatic carbocycles. The van der Waals surface area contributed by atoms with Crippen LogP contribution in [0.15, 0.2) is 18.2 Å². The van der Waals surface area contributed by atoms with E-state index in [-0.39, 0.29) is 16.7 Å². The molecule has 17 heavy (non-hydrogen) atoms. The molecule has 92 valence electrons. The zero-order chi connectivity index (χ0) is 12.4. The maximum absolute atomic E-state index is 12.9. The van der Waals surface area contributed by atoms with E-state index in [0.717, 1.165) is 25.7 Å². The number of rotatable bonds is 2. The Kier molecular flexibility index (Phi) is 3.82. The summed E-state index contributed by atoms with van der Waals surface area (Å²) in [6, 6.07) is 4.00. The minimum absolute atomic E-state index is 0.0640. The fraction of sp³-hybridized carbons (Fsp3) is 0.500. The Bertz CT molecular complexity index is 422. The zero-order valence-electron chi connectivity index (χ0n) is 9.88. The third-order valence-electron chi connectivity index (χ3n) is 3.58. The Morgan fingerprint density at radius 1 is 1.29 bits per heavy atom. The summed E-state index contributed by atoms with van der Waals surface area (Å²) in [6.07, 6.45) is 4.03. The number of carbonyl (C=O) groups excluding carboxylic acids is 1. The lowest BCUT2D eigenvalue weighted by Crippen LogP contribution is -2.21. The lowest BCUT2D eigenvalue weighted by Gasteiger charge is -2.25. The van der Waals surface area contributed by atoms with Gasteiger partial charge in [0.05, 0.1) is 5.02 Å². The fourth-order valence-corrected chi connectivity index (χ4v) is 2.69. The van der Waals surface area contributed by atoms with Gasteiger partial charge in [0.2, 0.25) is 0 Å². The summed E-state index contributed by atoms with van der Waals surface area (Å²) in [4.78, 5) is 12.2. The van der Waals surface area contributed by atoms with Crippen molar-refractivity contribution in [2.24, 2.45) is 11.8 Å². The Morgan fingerprint density at radius 2 is 1.94 bits per heavy atom. The summed E-state index contributed by atoms with van der Waals surface area (Å²) in [6.45, 7) is 2.21. The monoisotopic (exact) mass is 254 g/mol. The first-order valence-electron chi connectivity index (χ1n) is 6.07. The van der Waals surface area contributed by atoms with Crippen LogP contribution < -0.4 is 0 Å². The molecule has 0 aliphatic heterocycles. The summed E-state index contributed by atoms with van der Waals surface area (Å²) < 4.78 is 12.9. The molecule has 0 atom stereocenters. The number of halogens is 2. The highest BCUT2D eigenvalue weighted by atomic mass is 35.5. The van der Waals surface area contributed by atoms with Crippen molar-refractivity contribution in [1.82, 2.24) is 0 Å². The van der Waals surface area contributed by atoms with E-state index in [2.05, 4.69) is 6.92 Å². The number of Topliss-reactive ketones (excluding diaryl/α,β-unsaturated/α-hetero) is 1. The van der Waals surface area contributed by atoms with E-state index in [9.17, 15) is 9.18 Å². The van der Waals surface area contributed by atoms with Gasteiger partial charge in [-0.1, -0.05) is 31.4 Å². The van der Waals surface area contributed by atoms with Gasteiger partial charge in [0.15, 0.2) is 5.78 Å². The first-order chi connectivity index (χ1) is 8.08. The van der Waals surface area contributed by atoms with E-state index in [0.29, 0.717) is 11.5 Å². The Balaban J connectivity index is 2.14. The smallest absolute Gasteiger partial charge is 0.167 e. The Morgan fingerprint density at radius 3 is 2.53 bits per heavy atom. The molecule has 1 aromatic carbocycles. The molecule has 3 heteroatoms. The van der Waals surface area contributed by atoms with Crippen molar-refractivity contribution < 1.29 is 9.18 Å². The van der Waals surface area contributed by atoms with Crippen LogP contribution in [0, 0.1) is 17.7 Å². The lowest BCUT2D eigenvalue weighted by molar-refractivity contribution is 0.0876. The lowest BCUT2D eigenvalue weighted by atomic mass is 9.79. The van der Waals surface area contributed by atoms with Crippen molar-refractivity contribution in [3.8, 4) is 0 Å². The van der Waals surface area contributed by atoms with Crippen LogP contribution in [0.2, 0.25) is 5.02 Å². The van der Waals surface area contributed by atoms with Crippen molar-refractivity contribution >= 4 is 17.4 Å². The van der Waals surface area contributed by atoms with Crippen LogP contribution in [-0.2, 0) is 0 Å². The molecule has 1 nitrogen and oxygen atoms in total. The minimum atomic E-state index is -0.399. The predicted octanol–water partition coefficient (Wildman–Crippen LogP) is 4.49. The molecule has 2 rings (SSSR count). The number of ketones is 1. The molecule has 1 aliphatic rings. The molecule has 1 saturated carbocycles. The van der Waals surface area contributed by atoms with Crippen molar-refractivity contribution in [2.75, 3.05) is 0 Å². The second-order valence-electron chi connectivity index (χ2n) is 4.95. The second kappa shape index (κ2) is 5.18. The molecule has 0 spiro atoms. The molecular weight excluding hydrogens is 239 g/mol. The maximum Gasteiger partial charge on any atom is 0.167 e. The van der Waals surface area contributed by atoms with E-state index < -0.39 is 5.82 Å². The number of hydrogen-bond donors (Lipinski definition) is 0. The van der Waals surface area contributed by atoms with E-state index >= 15 is 0 Å². The van der Waals surface area contributed by atoms with E-state index in [1.54, 1.807) is 0 Å². The van der Waals surface area contributed by atoms with Crippen LogP contribution in [0.1, 0.15) is 43.0 Å². The van der Waals surface area contributed by atoms with Crippen LogP contribution >= 0.6 is 11.6 Å². The number of benzene rings is 1. The van der Waals surface area contributed by atoms with E-state index in [1.165, 1.54) is 18.2 Å². The van der Waals surface area contributed by atoms with Gasteiger partial charge in [0, 0.05) is 11.5 Å². The van der Waals surface area contributed by atoms with Gasteiger partial charge in [0.25, 0.3) is 0 Å². The normalized spacial score (nSPS) is 24.6. The molecule has 0 unspecified atom stereocenters. The SMILES string of the molecule is CC1CCC(C(=O)c2ccc(F)cc2Cl)CC1. The first-order valence-corrected chi connectivity index (χ1v) is 6.45. The third-order valence-corrected chi connectivity index (χ3v) is 3.90. The molecule has 0 saturated heterocycles. The average molecular weight is 255 g/mol. The van der Waals surface area contributed by atoms with Gasteiger partial charge in [0.1, 0.15) is 5.82 Å². The number of carbonyl (C=O) groups is 1. The van der Waals surface area contributed by atoms with Crippen molar-refractivity contribution in [2.45, 2.75) is 32.6 Å². The topological polar surface area (TPSA) is 17.1 Å². The van der Waals surface area contributed by atoms with Gasteiger partial charge < -0.3 is 0 Å². The Hall–Kier alpha value is -0.890. The highest BCUT2D eigenvalue weighted by molar-refractivity contribution is 6.34. The maximum atomic E-state index is 12.9. The quantitative estimate of drug-likeness (QED) is 0.711. The van der Waals surface area contributed by atoms with Gasteiger partial charge >= 0.3 is 0 Å². The molecule has 0 bridgehead atoms. The average Bonchev–Trinajstić information content (AvgIpc) is 2.29. The van der Waals surface area contributed by atoms with Gasteiger partial charge in [-0.3, -0.25) is 4.79 Å². The summed E-state index contributed by atoms with van der Waals surface area (Å²) in [5.41, 5.74) is 0.465. The molecule has 1 aromatic rings. The van der Waals surface area contributed by atoms with Gasteiger partial charge in [-0.05, 0) is 37.0 Å². The highest BCUT2D eigenvalue weighted by Crippen LogP contribution is 2.32. The van der Waals surface area contributed by atoms with Crippen LogP contribution in [0.5, 0.6) is 0 Å². The van der Waals surface area contributed by atoms with Crippen LogP contribution in [0.25, 0.3) is 0 Å². The molecule has 0 aromatic heterocycles. The standard InChI is InChI=1S/C14H16ClFO/c1-9-2-4-10(5-3-9)14(17)12-7-6-11(16)8-13(12)15/h6-10H,2-5H2,1H3. The third kappa shape index (κ3) is 2.86. The van der Waals surface area contributed by atoms with E-state index in [4.69, 9.17) is 11.6 Å². The van der Waals surface area contributed by atoms with Crippen molar-refractivity contribution in [3.63, 3.8) is 0 Å². The second-order valence-corrected chi connectivity index (χ2v) is 5.35. The molecule has 0 heterocycles. The van der Waals surface area contributed by atoms with E-state index in [1.807, 2.05) is 0 Å². The van der Waals surface area contributed by atoms with Crippen molar-refractivity contribution in [3.05, 3.63) is 34.6 Å². The molecule has 0 amide bonds. The summed E-state index contributed by atoms with van der Waals surface area (Å²) in [7, 11) is 0. The zero-order valence-corrected chi connectivity index (χ0v) is 10.6. The minimum Gasteiger partial charge on any atom is -0.294 e. The number of hydrogen-bond acceptors (Lipinski definition) is 1. The highest BCUT2D eigenvalue weighted by Gasteiger charge is 2.26. The van der Waals surface area contributed by atoms with Crippen LogP contribution in [0.3, 0.4) is 0 Å². The van der Waals surface area contributed by atoms with Crippen LogP contribution in [0.4, 0.5) is 4.39 Å². The van der Waals surface area contributed by atoms with Gasteiger partial charge in [-0.2, -0.15) is 0 Å². The summed E-state index contributed by atoms with van der Waals surface area (Å²) in [5.74, 6) is 0.447. The molecule has 1 fully saturated rings. The van der Waals surface area contributed by atoms with Crippen molar-refractivity contribution in [1.29, 1.82) is 0 Å². The van der Waals surface area contributed by atoms with Gasteiger partial charge in [-0.15, -0.1) is 0 Å². The molecule has 0 N–H and O–H groups in total. The predicted molar refractivity (Wildman–Crippen MR) is 66.9 cm³/mol. The largest absolute Gasteiger partial charge is 0.294 e. The Labute approximate surface area is 106 Å². The van der Waals surface area contributed by atoms with Crippen LogP contribution in [-0.4, -0.2) is 5.78 Å². The van der Waals surface area contributed by atoms with Gasteiger partial charge in [-0.25, -0.2) is 4.39 Å². The summed E-state index contributed by atoms with van der Waals surface area (Å²) in [5, 5.41) is 0.230. The fourth-order valence-electron chi connectivity index (χ4n) is 2.43. The summed E-state index contributed by atoms with van der Waals surface area (Å²) >= 11 is 5.91. The first kappa shape index (κ1) is 12.6. The molecular formula is C14H16ClFO. The molecule has 0 radical (unpaired) electrons.